The first kappa shape index (κ1) is 22.2. The third-order valence-electron chi connectivity index (χ3n) is 5.20. The van der Waals surface area contributed by atoms with Crippen molar-refractivity contribution in [3.05, 3.63) is 53.8 Å². The molecule has 1 aromatic carbocycles. The third kappa shape index (κ3) is 5.33. The molecule has 160 valence electrons. The molecule has 30 heavy (non-hydrogen) atoms. The number of nitrogens with zero attached hydrogens (tertiary/aromatic N) is 3. The minimum Gasteiger partial charge on any atom is -0.361 e. The van der Waals surface area contributed by atoms with Gasteiger partial charge in [-0.05, 0) is 19.8 Å². The number of thioether (sulfide) groups is 1. The molecule has 1 saturated heterocycles. The normalized spacial score (nSPS) is 16.7. The number of hydrogen-bond acceptors (Lipinski definition) is 5. The number of allylic oxidation sites excluding steroid dienone is 1. The lowest BCUT2D eigenvalue weighted by Gasteiger charge is -2.27. The highest BCUT2D eigenvalue weighted by atomic mass is 32.2. The summed E-state index contributed by atoms with van der Waals surface area (Å²) in [4.78, 5) is 29.0. The van der Waals surface area contributed by atoms with Crippen LogP contribution in [0.15, 0.2) is 52.6 Å². The van der Waals surface area contributed by atoms with Gasteiger partial charge in [-0.25, -0.2) is 0 Å². The quantitative estimate of drug-likeness (QED) is 0.596. The molecule has 0 saturated carbocycles. The van der Waals surface area contributed by atoms with Crippen molar-refractivity contribution in [2.75, 3.05) is 25.2 Å². The Labute approximate surface area is 182 Å². The average molecular weight is 428 g/mol. The van der Waals surface area contributed by atoms with E-state index in [2.05, 4.69) is 5.16 Å². The molecule has 2 amide bonds. The van der Waals surface area contributed by atoms with E-state index in [1.807, 2.05) is 56.3 Å². The molecule has 0 aliphatic carbocycles. The van der Waals surface area contributed by atoms with Crippen LogP contribution in [0.2, 0.25) is 0 Å². The molecule has 2 heterocycles. The van der Waals surface area contributed by atoms with Crippen molar-refractivity contribution in [3.8, 4) is 11.3 Å². The van der Waals surface area contributed by atoms with E-state index < -0.39 is 0 Å². The van der Waals surface area contributed by atoms with E-state index in [1.165, 1.54) is 0 Å². The van der Waals surface area contributed by atoms with Crippen molar-refractivity contribution in [2.24, 2.45) is 0 Å². The van der Waals surface area contributed by atoms with E-state index >= 15 is 0 Å². The Bertz CT molecular complexity index is 894. The third-order valence-corrected chi connectivity index (χ3v) is 6.21. The molecule has 0 spiro atoms. The molecule has 1 aliphatic heterocycles. The van der Waals surface area contributed by atoms with Crippen molar-refractivity contribution in [1.29, 1.82) is 0 Å². The lowest BCUT2D eigenvalue weighted by Crippen LogP contribution is -2.48. The van der Waals surface area contributed by atoms with Crippen LogP contribution >= 0.6 is 11.8 Å². The zero-order valence-electron chi connectivity index (χ0n) is 17.8. The number of benzene rings is 1. The Morgan fingerprint density at radius 1 is 1.33 bits per heavy atom. The summed E-state index contributed by atoms with van der Waals surface area (Å²) >= 11 is 1.63. The van der Waals surface area contributed by atoms with Gasteiger partial charge < -0.3 is 14.3 Å². The van der Waals surface area contributed by atoms with Gasteiger partial charge in [0.15, 0.2) is 0 Å². The van der Waals surface area contributed by atoms with Crippen molar-refractivity contribution in [3.63, 3.8) is 0 Å². The Balaban J connectivity index is 1.51. The smallest absolute Gasteiger partial charge is 0.250 e. The van der Waals surface area contributed by atoms with Gasteiger partial charge in [0.05, 0.1) is 5.88 Å². The molecule has 0 radical (unpaired) electrons. The van der Waals surface area contributed by atoms with Crippen molar-refractivity contribution >= 4 is 23.6 Å². The van der Waals surface area contributed by atoms with Crippen molar-refractivity contribution in [2.45, 2.75) is 39.2 Å². The molecule has 1 fully saturated rings. The van der Waals surface area contributed by atoms with Gasteiger partial charge in [-0.1, -0.05) is 48.5 Å². The van der Waals surface area contributed by atoms with Gasteiger partial charge in [-0.2, -0.15) is 0 Å². The van der Waals surface area contributed by atoms with Crippen LogP contribution in [0.5, 0.6) is 0 Å². The minimum atomic E-state index is -0.386. The minimum absolute atomic E-state index is 0.000179. The summed E-state index contributed by atoms with van der Waals surface area (Å²) in [7, 11) is 1.80. The lowest BCUT2D eigenvalue weighted by molar-refractivity contribution is -0.140. The number of hydrogen-bond donors (Lipinski definition) is 0. The molecule has 2 aromatic rings. The molecule has 0 N–H and O–H groups in total. The van der Waals surface area contributed by atoms with Crippen LogP contribution in [0.3, 0.4) is 0 Å². The van der Waals surface area contributed by atoms with Crippen LogP contribution in [0, 0.1) is 0 Å². The number of carbonyl (C=O) groups is 2. The van der Waals surface area contributed by atoms with E-state index in [9.17, 15) is 9.59 Å². The summed E-state index contributed by atoms with van der Waals surface area (Å²) < 4.78 is 5.44. The summed E-state index contributed by atoms with van der Waals surface area (Å²) in [6.45, 7) is 4.43. The van der Waals surface area contributed by atoms with E-state index in [0.29, 0.717) is 30.2 Å². The predicted octanol–water partition coefficient (Wildman–Crippen LogP) is 3.99. The number of aryl methyl sites for hydroxylation is 1. The second-order valence-electron chi connectivity index (χ2n) is 7.49. The SMILES string of the molecule is CCC=C(C)C(=O)N1CSCC1C(=O)N(C)CCCc1cc(-c2ccccc2)no1. The maximum atomic E-state index is 12.9. The van der Waals surface area contributed by atoms with Crippen LogP contribution in [-0.2, 0) is 16.0 Å². The van der Waals surface area contributed by atoms with Gasteiger partial charge in [0.1, 0.15) is 17.5 Å². The summed E-state index contributed by atoms with van der Waals surface area (Å²) in [6.07, 6.45) is 4.20. The molecule has 6 nitrogen and oxygen atoms in total. The van der Waals surface area contributed by atoms with Crippen LogP contribution in [0.25, 0.3) is 11.3 Å². The van der Waals surface area contributed by atoms with Gasteiger partial charge in [0.2, 0.25) is 5.91 Å². The van der Waals surface area contributed by atoms with Gasteiger partial charge in [0, 0.05) is 43.0 Å². The van der Waals surface area contributed by atoms with E-state index in [4.69, 9.17) is 4.52 Å². The Kier molecular flexibility index (Phi) is 7.74. The van der Waals surface area contributed by atoms with Gasteiger partial charge in [0.25, 0.3) is 5.91 Å². The molecular weight excluding hydrogens is 398 g/mol. The number of aromatic nitrogens is 1. The zero-order chi connectivity index (χ0) is 21.5. The molecule has 1 atom stereocenters. The summed E-state index contributed by atoms with van der Waals surface area (Å²) in [5.74, 6) is 1.99. The Morgan fingerprint density at radius 3 is 2.83 bits per heavy atom. The van der Waals surface area contributed by atoms with E-state index in [0.717, 1.165) is 29.9 Å². The standard InChI is InChI=1S/C23H29N3O3S/c1-4-9-17(2)22(27)26-16-30-15-21(26)23(28)25(3)13-8-12-19-14-20(24-29-19)18-10-6-5-7-11-18/h5-7,9-11,14,21H,4,8,12-13,15-16H2,1-3H3. The van der Waals surface area contributed by atoms with Crippen LogP contribution in [-0.4, -0.2) is 58.0 Å². The highest BCUT2D eigenvalue weighted by molar-refractivity contribution is 7.99. The predicted molar refractivity (Wildman–Crippen MR) is 120 cm³/mol. The molecule has 7 heteroatoms. The molecule has 1 unspecified atom stereocenters. The summed E-state index contributed by atoms with van der Waals surface area (Å²) in [5, 5.41) is 4.14. The molecule has 1 aliphatic rings. The fraction of sp³-hybridized carbons (Fsp3) is 0.435. The fourth-order valence-electron chi connectivity index (χ4n) is 3.50. The second kappa shape index (κ2) is 10.5. The van der Waals surface area contributed by atoms with Gasteiger partial charge in [-0.3, -0.25) is 9.59 Å². The first-order valence-corrected chi connectivity index (χ1v) is 11.5. The molecular formula is C23H29N3O3S. The number of carbonyl (C=O) groups excluding carboxylic acids is 2. The van der Waals surface area contributed by atoms with Crippen molar-refractivity contribution < 1.29 is 14.1 Å². The topological polar surface area (TPSA) is 66.7 Å². The highest BCUT2D eigenvalue weighted by Gasteiger charge is 2.36. The zero-order valence-corrected chi connectivity index (χ0v) is 18.7. The van der Waals surface area contributed by atoms with Crippen LogP contribution in [0.4, 0.5) is 0 Å². The number of amides is 2. The summed E-state index contributed by atoms with van der Waals surface area (Å²) in [6, 6.07) is 11.5. The molecule has 1 aromatic heterocycles. The van der Waals surface area contributed by atoms with Crippen LogP contribution in [0.1, 0.15) is 32.4 Å². The number of likely N-dealkylation sites (N-methyl/N-ethyl adjacent to an activating group) is 1. The van der Waals surface area contributed by atoms with Gasteiger partial charge in [-0.15, -0.1) is 11.8 Å². The molecule has 3 rings (SSSR count). The van der Waals surface area contributed by atoms with Crippen LogP contribution < -0.4 is 0 Å². The largest absolute Gasteiger partial charge is 0.361 e. The average Bonchev–Trinajstić information content (AvgIpc) is 3.43. The maximum absolute atomic E-state index is 12.9. The summed E-state index contributed by atoms with van der Waals surface area (Å²) in [5.41, 5.74) is 2.55. The monoisotopic (exact) mass is 427 g/mol. The second-order valence-corrected chi connectivity index (χ2v) is 8.49. The lowest BCUT2D eigenvalue weighted by atomic mass is 10.1. The first-order valence-electron chi connectivity index (χ1n) is 10.3. The van der Waals surface area contributed by atoms with E-state index in [1.54, 1.807) is 28.6 Å². The first-order chi connectivity index (χ1) is 14.5. The van der Waals surface area contributed by atoms with Gasteiger partial charge >= 0.3 is 0 Å². The highest BCUT2D eigenvalue weighted by Crippen LogP contribution is 2.24. The number of rotatable bonds is 8. The van der Waals surface area contributed by atoms with Crippen molar-refractivity contribution in [1.82, 2.24) is 15.0 Å². The Morgan fingerprint density at radius 2 is 2.10 bits per heavy atom. The fourth-order valence-corrected chi connectivity index (χ4v) is 4.64. The Hall–Kier alpha value is -2.54. The maximum Gasteiger partial charge on any atom is 0.250 e. The van der Waals surface area contributed by atoms with E-state index in [-0.39, 0.29) is 17.9 Å². The molecule has 0 bridgehead atoms.